The van der Waals surface area contributed by atoms with E-state index in [1.54, 1.807) is 37.3 Å². The van der Waals surface area contributed by atoms with Gasteiger partial charge in [0, 0.05) is 17.7 Å². The Balaban J connectivity index is 1.93. The lowest BCUT2D eigenvalue weighted by Crippen LogP contribution is -2.29. The number of aliphatic hydroxyl groups excluding tert-OH is 1. The van der Waals surface area contributed by atoms with Gasteiger partial charge in [-0.25, -0.2) is 0 Å². The SMILES string of the molecule is Cc1nnc(N2C(=O)C(=O)/C(=C(/O)c3ccccc3)C2c2ccc([N+](=O)[O-])cc2)s1. The number of benzene rings is 2. The topological polar surface area (TPSA) is 127 Å². The van der Waals surface area contributed by atoms with Crippen LogP contribution in [0, 0.1) is 17.0 Å². The Morgan fingerprint density at radius 3 is 2.33 bits per heavy atom. The van der Waals surface area contributed by atoms with Crippen LogP contribution in [-0.2, 0) is 9.59 Å². The predicted octanol–water partition coefficient (Wildman–Crippen LogP) is 3.38. The number of aromatic nitrogens is 2. The third-order valence-corrected chi connectivity index (χ3v) is 5.47. The van der Waals surface area contributed by atoms with E-state index in [0.717, 1.165) is 11.3 Å². The lowest BCUT2D eigenvalue weighted by molar-refractivity contribution is -0.384. The van der Waals surface area contributed by atoms with Crippen molar-refractivity contribution in [2.75, 3.05) is 4.90 Å². The molecule has 4 rings (SSSR count). The summed E-state index contributed by atoms with van der Waals surface area (Å²) in [5.41, 5.74) is 0.541. The fourth-order valence-electron chi connectivity index (χ4n) is 3.26. The summed E-state index contributed by atoms with van der Waals surface area (Å²) in [7, 11) is 0. The minimum Gasteiger partial charge on any atom is -0.507 e. The van der Waals surface area contributed by atoms with Crippen molar-refractivity contribution >= 4 is 39.6 Å². The molecule has 9 nitrogen and oxygen atoms in total. The van der Waals surface area contributed by atoms with Crippen molar-refractivity contribution in [2.24, 2.45) is 0 Å². The summed E-state index contributed by atoms with van der Waals surface area (Å²) in [5, 5.41) is 30.6. The van der Waals surface area contributed by atoms with Gasteiger partial charge in [0.25, 0.3) is 11.5 Å². The number of ketones is 1. The van der Waals surface area contributed by atoms with E-state index in [4.69, 9.17) is 0 Å². The minimum atomic E-state index is -1.00. The number of non-ortho nitro benzene ring substituents is 1. The fraction of sp³-hybridized carbons (Fsp3) is 0.100. The smallest absolute Gasteiger partial charge is 0.301 e. The molecule has 1 amide bonds. The molecule has 1 aliphatic rings. The summed E-state index contributed by atoms with van der Waals surface area (Å²) >= 11 is 1.13. The number of hydrogen-bond acceptors (Lipinski definition) is 8. The van der Waals surface area contributed by atoms with E-state index in [-0.39, 0.29) is 22.2 Å². The number of carbonyl (C=O) groups excluding carboxylic acids is 2. The van der Waals surface area contributed by atoms with Gasteiger partial charge in [0.2, 0.25) is 5.13 Å². The van der Waals surface area contributed by atoms with Crippen LogP contribution in [0.2, 0.25) is 0 Å². The normalized spacial score (nSPS) is 18.0. The van der Waals surface area contributed by atoms with E-state index in [2.05, 4.69) is 10.2 Å². The highest BCUT2D eigenvalue weighted by Gasteiger charge is 2.48. The highest BCUT2D eigenvalue weighted by Crippen LogP contribution is 2.43. The van der Waals surface area contributed by atoms with E-state index >= 15 is 0 Å². The number of aliphatic hydroxyl groups is 1. The second-order valence-corrected chi connectivity index (χ2v) is 7.65. The van der Waals surface area contributed by atoms with Crippen LogP contribution in [0.3, 0.4) is 0 Å². The average Bonchev–Trinajstić information content (AvgIpc) is 3.29. The van der Waals surface area contributed by atoms with Gasteiger partial charge in [0.05, 0.1) is 16.5 Å². The zero-order valence-electron chi connectivity index (χ0n) is 15.6. The summed E-state index contributed by atoms with van der Waals surface area (Å²) < 4.78 is 0. The number of Topliss-reactive ketones (excluding diaryl/α,β-unsaturated/α-hetero) is 1. The second kappa shape index (κ2) is 7.48. The van der Waals surface area contributed by atoms with Crippen molar-refractivity contribution in [1.82, 2.24) is 10.2 Å². The molecule has 0 aliphatic carbocycles. The van der Waals surface area contributed by atoms with Crippen LogP contribution in [0.5, 0.6) is 0 Å². The highest BCUT2D eigenvalue weighted by atomic mass is 32.1. The molecule has 2 heterocycles. The molecule has 30 heavy (non-hydrogen) atoms. The molecule has 0 spiro atoms. The lowest BCUT2D eigenvalue weighted by atomic mass is 9.95. The van der Waals surface area contributed by atoms with Gasteiger partial charge in [0.1, 0.15) is 10.8 Å². The Bertz CT molecular complexity index is 1190. The Kier molecular flexibility index (Phi) is 4.84. The number of aryl methyl sites for hydroxylation is 1. The first-order valence-corrected chi connectivity index (χ1v) is 9.61. The average molecular weight is 422 g/mol. The molecule has 2 aromatic carbocycles. The molecule has 0 radical (unpaired) electrons. The number of nitrogens with zero attached hydrogens (tertiary/aromatic N) is 4. The van der Waals surface area contributed by atoms with E-state index in [1.165, 1.54) is 29.2 Å². The van der Waals surface area contributed by atoms with E-state index in [0.29, 0.717) is 16.1 Å². The van der Waals surface area contributed by atoms with Crippen LogP contribution in [0.15, 0.2) is 60.2 Å². The summed E-state index contributed by atoms with van der Waals surface area (Å²) in [6.45, 7) is 1.71. The van der Waals surface area contributed by atoms with Crippen LogP contribution in [0.25, 0.3) is 5.76 Å². The monoisotopic (exact) mass is 422 g/mol. The van der Waals surface area contributed by atoms with Crippen LogP contribution >= 0.6 is 11.3 Å². The van der Waals surface area contributed by atoms with E-state index in [9.17, 15) is 24.8 Å². The fourth-order valence-corrected chi connectivity index (χ4v) is 3.97. The number of nitro groups is 1. The molecule has 3 aromatic rings. The van der Waals surface area contributed by atoms with Crippen LogP contribution in [0.1, 0.15) is 22.2 Å². The third kappa shape index (κ3) is 3.22. The maximum Gasteiger partial charge on any atom is 0.301 e. The molecule has 1 unspecified atom stereocenters. The Morgan fingerprint density at radius 2 is 1.77 bits per heavy atom. The zero-order valence-corrected chi connectivity index (χ0v) is 16.4. The number of carbonyl (C=O) groups is 2. The van der Waals surface area contributed by atoms with Crippen molar-refractivity contribution < 1.29 is 19.6 Å². The van der Waals surface area contributed by atoms with Crippen LogP contribution < -0.4 is 4.90 Å². The summed E-state index contributed by atoms with van der Waals surface area (Å²) in [6.07, 6.45) is 0. The minimum absolute atomic E-state index is 0.118. The maximum absolute atomic E-state index is 12.9. The van der Waals surface area contributed by atoms with Gasteiger partial charge in [-0.05, 0) is 24.6 Å². The molecule has 0 saturated carbocycles. The number of rotatable bonds is 4. The first-order valence-electron chi connectivity index (χ1n) is 8.79. The number of nitro benzene ring substituents is 1. The summed E-state index contributed by atoms with van der Waals surface area (Å²) in [5.74, 6) is -2.06. The van der Waals surface area contributed by atoms with Crippen molar-refractivity contribution in [3.63, 3.8) is 0 Å². The molecule has 150 valence electrons. The Morgan fingerprint density at radius 1 is 1.10 bits per heavy atom. The largest absolute Gasteiger partial charge is 0.507 e. The quantitative estimate of drug-likeness (QED) is 0.224. The second-order valence-electron chi connectivity index (χ2n) is 6.49. The molecule has 1 atom stereocenters. The zero-order chi connectivity index (χ0) is 21.4. The number of amides is 1. The predicted molar refractivity (Wildman–Crippen MR) is 109 cm³/mol. The molecule has 1 fully saturated rings. The van der Waals surface area contributed by atoms with Gasteiger partial charge >= 0.3 is 5.91 Å². The van der Waals surface area contributed by atoms with Gasteiger partial charge in [0.15, 0.2) is 0 Å². The van der Waals surface area contributed by atoms with Crippen molar-refractivity contribution in [3.05, 3.63) is 86.4 Å². The first-order chi connectivity index (χ1) is 14.4. The Hall–Kier alpha value is -3.92. The number of hydrogen-bond donors (Lipinski definition) is 1. The third-order valence-electron chi connectivity index (χ3n) is 4.63. The van der Waals surface area contributed by atoms with Crippen molar-refractivity contribution in [2.45, 2.75) is 13.0 Å². The van der Waals surface area contributed by atoms with Gasteiger partial charge in [-0.3, -0.25) is 24.6 Å². The van der Waals surface area contributed by atoms with Gasteiger partial charge < -0.3 is 5.11 Å². The van der Waals surface area contributed by atoms with Gasteiger partial charge in [-0.1, -0.05) is 41.7 Å². The van der Waals surface area contributed by atoms with Crippen molar-refractivity contribution in [1.29, 1.82) is 0 Å². The standard InChI is InChI=1S/C20H14N4O5S/c1-11-21-22-20(30-11)23-16(12-7-9-14(10-8-12)24(28)29)15(18(26)19(23)27)17(25)13-5-3-2-4-6-13/h2-10,16,25H,1H3/b17-15+. The molecular weight excluding hydrogens is 408 g/mol. The van der Waals surface area contributed by atoms with Crippen molar-refractivity contribution in [3.8, 4) is 0 Å². The maximum atomic E-state index is 12.9. The first kappa shape index (κ1) is 19.4. The van der Waals surface area contributed by atoms with E-state index in [1.807, 2.05) is 0 Å². The molecule has 1 N–H and O–H groups in total. The lowest BCUT2D eigenvalue weighted by Gasteiger charge is -2.22. The van der Waals surface area contributed by atoms with E-state index < -0.39 is 22.7 Å². The number of anilines is 1. The van der Waals surface area contributed by atoms with Gasteiger partial charge in [-0.15, -0.1) is 10.2 Å². The Labute approximate surface area is 174 Å². The summed E-state index contributed by atoms with van der Waals surface area (Å²) in [6, 6.07) is 12.8. The van der Waals surface area contributed by atoms with Gasteiger partial charge in [-0.2, -0.15) is 0 Å². The highest BCUT2D eigenvalue weighted by molar-refractivity contribution is 7.15. The van der Waals surface area contributed by atoms with Crippen LogP contribution in [-0.4, -0.2) is 31.9 Å². The molecular formula is C20H14N4O5S. The summed E-state index contributed by atoms with van der Waals surface area (Å²) in [4.78, 5) is 37.4. The molecule has 1 saturated heterocycles. The molecule has 0 bridgehead atoms. The molecule has 1 aromatic heterocycles. The molecule has 10 heteroatoms. The van der Waals surface area contributed by atoms with Crippen LogP contribution in [0.4, 0.5) is 10.8 Å². The molecule has 1 aliphatic heterocycles.